The van der Waals surface area contributed by atoms with E-state index in [1.165, 1.54) is 161 Å². The van der Waals surface area contributed by atoms with Gasteiger partial charge in [-0.2, -0.15) is 0 Å². The Labute approximate surface area is 244 Å². The summed E-state index contributed by atoms with van der Waals surface area (Å²) in [5, 5.41) is 18.4. The molecule has 4 heteroatoms. The molecule has 39 heavy (non-hydrogen) atoms. The van der Waals surface area contributed by atoms with E-state index < -0.39 is 6.10 Å². The minimum Gasteiger partial charge on any atom is -0.463 e. The summed E-state index contributed by atoms with van der Waals surface area (Å²) in [5.41, 5.74) is 0. The van der Waals surface area contributed by atoms with Crippen LogP contribution in [-0.2, 0) is 9.53 Å². The normalized spacial score (nSPS) is 13.0. The van der Waals surface area contributed by atoms with Crippen LogP contribution in [0.2, 0.25) is 0 Å². The number of hydrogen-bond acceptors (Lipinski definition) is 4. The van der Waals surface area contributed by atoms with Gasteiger partial charge in [-0.25, -0.2) is 0 Å². The molecule has 234 valence electrons. The summed E-state index contributed by atoms with van der Waals surface area (Å²) in [7, 11) is 0. The molecule has 0 fully saturated rings. The van der Waals surface area contributed by atoms with Gasteiger partial charge in [0.25, 0.3) is 0 Å². The Morgan fingerprint density at radius 1 is 0.538 bits per heavy atom. The lowest BCUT2D eigenvalue weighted by atomic mass is 9.91. The molecule has 0 saturated heterocycles. The van der Waals surface area contributed by atoms with Crippen molar-refractivity contribution in [3.63, 3.8) is 0 Å². The average molecular weight is 555 g/mol. The zero-order valence-electron chi connectivity index (χ0n) is 26.6. The number of ether oxygens (including phenoxy) is 1. The second-order valence-electron chi connectivity index (χ2n) is 12.3. The van der Waals surface area contributed by atoms with Crippen LogP contribution in [0, 0.1) is 5.92 Å². The molecule has 0 aliphatic rings. The smallest absolute Gasteiger partial charge is 0.306 e. The van der Waals surface area contributed by atoms with E-state index in [0.717, 1.165) is 12.8 Å². The Kier molecular flexibility index (Phi) is 31.4. The van der Waals surface area contributed by atoms with E-state index in [2.05, 4.69) is 13.8 Å². The maximum absolute atomic E-state index is 12.3. The van der Waals surface area contributed by atoms with Gasteiger partial charge in [0.2, 0.25) is 0 Å². The second kappa shape index (κ2) is 31.9. The lowest BCUT2D eigenvalue weighted by Gasteiger charge is -2.17. The lowest BCUT2D eigenvalue weighted by molar-refractivity contribution is -0.148. The predicted octanol–water partition coefficient (Wildman–Crippen LogP) is 10.5. The number of aliphatic hydroxyl groups excluding tert-OH is 2. The topological polar surface area (TPSA) is 66.8 Å². The van der Waals surface area contributed by atoms with E-state index in [4.69, 9.17) is 9.84 Å². The molecular formula is C35H70O4. The maximum Gasteiger partial charge on any atom is 0.306 e. The monoisotopic (exact) mass is 555 g/mol. The molecule has 0 aliphatic carbocycles. The molecule has 0 aromatic rings. The molecule has 2 atom stereocenters. The van der Waals surface area contributed by atoms with E-state index in [0.29, 0.717) is 12.3 Å². The molecule has 0 rings (SSSR count). The summed E-state index contributed by atoms with van der Waals surface area (Å²) in [6.07, 6.45) is 35.7. The molecule has 0 aromatic carbocycles. The molecule has 0 saturated carbocycles. The molecule has 0 aromatic heterocycles. The van der Waals surface area contributed by atoms with Crippen molar-refractivity contribution in [1.82, 2.24) is 0 Å². The number of carbonyl (C=O) groups excluding carboxylic acids is 1. The fourth-order valence-corrected chi connectivity index (χ4v) is 5.61. The third-order valence-corrected chi connectivity index (χ3v) is 8.28. The molecule has 0 radical (unpaired) electrons. The molecule has 0 aliphatic heterocycles. The highest BCUT2D eigenvalue weighted by Gasteiger charge is 2.16. The first-order valence-corrected chi connectivity index (χ1v) is 17.6. The van der Waals surface area contributed by atoms with Gasteiger partial charge >= 0.3 is 5.97 Å². The SMILES string of the molecule is CCCCCCCCCCCCCCCCCCC(CCCCCCCCCCC)CC(=O)OCC(O)CO. The molecular weight excluding hydrogens is 484 g/mol. The van der Waals surface area contributed by atoms with Crippen LogP contribution >= 0.6 is 0 Å². The van der Waals surface area contributed by atoms with Gasteiger partial charge in [0.1, 0.15) is 12.7 Å². The summed E-state index contributed by atoms with van der Waals surface area (Å²) in [6.45, 7) is 4.09. The Bertz CT molecular complexity index is 481. The molecule has 0 heterocycles. The summed E-state index contributed by atoms with van der Waals surface area (Å²) < 4.78 is 5.20. The molecule has 2 N–H and O–H groups in total. The van der Waals surface area contributed by atoms with Crippen LogP contribution in [0.25, 0.3) is 0 Å². The summed E-state index contributed by atoms with van der Waals surface area (Å²) in [5.74, 6) is 0.167. The van der Waals surface area contributed by atoms with Gasteiger partial charge in [-0.05, 0) is 18.8 Å². The van der Waals surface area contributed by atoms with Crippen LogP contribution in [0.15, 0.2) is 0 Å². The molecule has 2 unspecified atom stereocenters. The Hall–Kier alpha value is -0.610. The number of rotatable bonds is 32. The van der Waals surface area contributed by atoms with E-state index >= 15 is 0 Å². The standard InChI is InChI=1S/C35H70O4/c1-3-5-7-9-11-13-14-15-16-17-18-19-21-23-25-27-29-33(30-35(38)39-32-34(37)31-36)28-26-24-22-20-12-10-8-6-4-2/h33-34,36-37H,3-32H2,1-2H3. The van der Waals surface area contributed by atoms with Crippen molar-refractivity contribution >= 4 is 5.97 Å². The third kappa shape index (κ3) is 30.2. The summed E-state index contributed by atoms with van der Waals surface area (Å²) in [6, 6.07) is 0. The number of hydrogen-bond donors (Lipinski definition) is 2. The van der Waals surface area contributed by atoms with Crippen molar-refractivity contribution in [2.75, 3.05) is 13.2 Å². The number of esters is 1. The highest BCUT2D eigenvalue weighted by molar-refractivity contribution is 5.69. The summed E-state index contributed by atoms with van der Waals surface area (Å²) >= 11 is 0. The van der Waals surface area contributed by atoms with Crippen molar-refractivity contribution in [1.29, 1.82) is 0 Å². The second-order valence-corrected chi connectivity index (χ2v) is 12.3. The predicted molar refractivity (Wildman–Crippen MR) is 168 cm³/mol. The largest absolute Gasteiger partial charge is 0.463 e. The fourth-order valence-electron chi connectivity index (χ4n) is 5.61. The lowest BCUT2D eigenvalue weighted by Crippen LogP contribution is -2.23. The first kappa shape index (κ1) is 38.4. The van der Waals surface area contributed by atoms with Gasteiger partial charge in [-0.3, -0.25) is 4.79 Å². The first-order valence-electron chi connectivity index (χ1n) is 17.6. The molecule has 0 amide bonds. The van der Waals surface area contributed by atoms with Gasteiger partial charge < -0.3 is 14.9 Å². The van der Waals surface area contributed by atoms with E-state index in [1.54, 1.807) is 0 Å². The van der Waals surface area contributed by atoms with Crippen LogP contribution < -0.4 is 0 Å². The first-order chi connectivity index (χ1) is 19.1. The number of carbonyl (C=O) groups is 1. The minimum atomic E-state index is -0.968. The highest BCUT2D eigenvalue weighted by Crippen LogP contribution is 2.23. The van der Waals surface area contributed by atoms with E-state index in [-0.39, 0.29) is 19.2 Å². The van der Waals surface area contributed by atoms with Crippen LogP contribution in [-0.4, -0.2) is 35.5 Å². The van der Waals surface area contributed by atoms with E-state index in [1.807, 2.05) is 0 Å². The van der Waals surface area contributed by atoms with Crippen LogP contribution in [0.4, 0.5) is 0 Å². The van der Waals surface area contributed by atoms with Gasteiger partial charge in [0, 0.05) is 6.42 Å². The summed E-state index contributed by atoms with van der Waals surface area (Å²) in [4.78, 5) is 12.3. The molecule has 0 bridgehead atoms. The van der Waals surface area contributed by atoms with Crippen LogP contribution in [0.1, 0.15) is 194 Å². The Morgan fingerprint density at radius 3 is 1.15 bits per heavy atom. The van der Waals surface area contributed by atoms with E-state index in [9.17, 15) is 9.90 Å². The zero-order chi connectivity index (χ0) is 28.7. The zero-order valence-corrected chi connectivity index (χ0v) is 26.6. The van der Waals surface area contributed by atoms with Crippen molar-refractivity contribution in [3.8, 4) is 0 Å². The Balaban J connectivity index is 3.87. The Morgan fingerprint density at radius 2 is 0.846 bits per heavy atom. The minimum absolute atomic E-state index is 0.0981. The van der Waals surface area contributed by atoms with Crippen LogP contribution in [0.3, 0.4) is 0 Å². The van der Waals surface area contributed by atoms with Gasteiger partial charge in [0.05, 0.1) is 6.61 Å². The fraction of sp³-hybridized carbons (Fsp3) is 0.971. The molecule has 0 spiro atoms. The van der Waals surface area contributed by atoms with Crippen molar-refractivity contribution in [3.05, 3.63) is 0 Å². The number of unbranched alkanes of at least 4 members (excludes halogenated alkanes) is 23. The average Bonchev–Trinajstić information content (AvgIpc) is 2.94. The van der Waals surface area contributed by atoms with Crippen molar-refractivity contribution < 1.29 is 19.7 Å². The van der Waals surface area contributed by atoms with Gasteiger partial charge in [0.15, 0.2) is 0 Å². The maximum atomic E-state index is 12.3. The number of aliphatic hydroxyl groups is 2. The van der Waals surface area contributed by atoms with Crippen molar-refractivity contribution in [2.45, 2.75) is 200 Å². The third-order valence-electron chi connectivity index (χ3n) is 8.28. The van der Waals surface area contributed by atoms with Gasteiger partial charge in [-0.15, -0.1) is 0 Å². The van der Waals surface area contributed by atoms with Crippen molar-refractivity contribution in [2.24, 2.45) is 5.92 Å². The molecule has 4 nitrogen and oxygen atoms in total. The quantitative estimate of drug-likeness (QED) is 0.0641. The van der Waals surface area contributed by atoms with Gasteiger partial charge in [-0.1, -0.05) is 174 Å². The highest BCUT2D eigenvalue weighted by atomic mass is 16.5. The van der Waals surface area contributed by atoms with Crippen LogP contribution in [0.5, 0.6) is 0 Å².